The number of hydrogen-bond donors (Lipinski definition) is 1. The van der Waals surface area contributed by atoms with E-state index in [-0.39, 0.29) is 5.69 Å². The molecule has 1 aliphatic heterocycles. The third kappa shape index (κ3) is 2.18. The number of piperidine rings is 1. The highest BCUT2D eigenvalue weighted by Crippen LogP contribution is 2.29. The van der Waals surface area contributed by atoms with Crippen molar-refractivity contribution in [3.63, 3.8) is 0 Å². The highest BCUT2D eigenvalue weighted by atomic mass is 16.4. The van der Waals surface area contributed by atoms with Gasteiger partial charge in [-0.15, -0.1) is 0 Å². The van der Waals surface area contributed by atoms with Gasteiger partial charge in [0, 0.05) is 12.1 Å². The summed E-state index contributed by atoms with van der Waals surface area (Å²) in [5, 5.41) is 9.32. The predicted octanol–water partition coefficient (Wildman–Crippen LogP) is 2.15. The summed E-state index contributed by atoms with van der Waals surface area (Å²) < 4.78 is 1.97. The molecule has 1 saturated heterocycles. The molecule has 0 atom stereocenters. The summed E-state index contributed by atoms with van der Waals surface area (Å²) in [5.74, 6) is 0.285. The number of hydrogen-bond acceptors (Lipinski definition) is 3. The summed E-state index contributed by atoms with van der Waals surface area (Å²) >= 11 is 0. The van der Waals surface area contributed by atoms with Crippen molar-refractivity contribution in [3.05, 3.63) is 35.4 Å². The SMILES string of the molecule is Cc1ccc2c(C(=O)O)nc(C3CCN(C)CC3)n2c1. The van der Waals surface area contributed by atoms with Crippen molar-refractivity contribution < 1.29 is 9.90 Å². The molecule has 1 aliphatic rings. The van der Waals surface area contributed by atoms with Gasteiger partial charge in [-0.25, -0.2) is 9.78 Å². The maximum atomic E-state index is 11.4. The number of carboxylic acids is 1. The zero-order valence-corrected chi connectivity index (χ0v) is 11.8. The van der Waals surface area contributed by atoms with Crippen LogP contribution in [0.1, 0.15) is 40.6 Å². The van der Waals surface area contributed by atoms with Gasteiger partial charge in [-0.05, 0) is 51.5 Å². The van der Waals surface area contributed by atoms with Gasteiger partial charge in [0.1, 0.15) is 5.82 Å². The lowest BCUT2D eigenvalue weighted by atomic mass is 9.96. The Balaban J connectivity index is 2.10. The molecule has 0 spiro atoms. The average Bonchev–Trinajstić information content (AvgIpc) is 2.78. The Morgan fingerprint density at radius 3 is 2.70 bits per heavy atom. The molecule has 1 fully saturated rings. The van der Waals surface area contributed by atoms with Crippen LogP contribution in [-0.4, -0.2) is 45.5 Å². The van der Waals surface area contributed by atoms with Crippen LogP contribution in [0, 0.1) is 6.92 Å². The molecule has 2 aromatic heterocycles. The van der Waals surface area contributed by atoms with E-state index in [1.54, 1.807) is 0 Å². The lowest BCUT2D eigenvalue weighted by Crippen LogP contribution is -2.30. The average molecular weight is 273 g/mol. The second-order valence-corrected chi connectivity index (χ2v) is 5.66. The standard InChI is InChI=1S/C15H19N3O2/c1-10-3-4-12-13(15(19)20)16-14(18(12)9-10)11-5-7-17(2)8-6-11/h3-4,9,11H,5-8H2,1-2H3,(H,19,20). The summed E-state index contributed by atoms with van der Waals surface area (Å²) in [4.78, 5) is 18.1. The van der Waals surface area contributed by atoms with Crippen molar-refractivity contribution in [1.82, 2.24) is 14.3 Å². The van der Waals surface area contributed by atoms with E-state index in [0.717, 1.165) is 37.3 Å². The molecule has 5 heteroatoms. The lowest BCUT2D eigenvalue weighted by Gasteiger charge is -2.28. The van der Waals surface area contributed by atoms with Crippen molar-refractivity contribution >= 4 is 11.5 Å². The Kier molecular flexibility index (Phi) is 3.22. The molecule has 2 aromatic rings. The first-order chi connectivity index (χ1) is 9.56. The van der Waals surface area contributed by atoms with Gasteiger partial charge in [-0.1, -0.05) is 6.07 Å². The monoisotopic (exact) mass is 273 g/mol. The molecule has 0 radical (unpaired) electrons. The second-order valence-electron chi connectivity index (χ2n) is 5.66. The van der Waals surface area contributed by atoms with E-state index < -0.39 is 5.97 Å². The van der Waals surface area contributed by atoms with Gasteiger partial charge in [0.15, 0.2) is 5.69 Å². The maximum Gasteiger partial charge on any atom is 0.356 e. The number of pyridine rings is 1. The van der Waals surface area contributed by atoms with Gasteiger partial charge in [0.2, 0.25) is 0 Å². The van der Waals surface area contributed by atoms with Crippen molar-refractivity contribution in [2.75, 3.05) is 20.1 Å². The number of aryl methyl sites for hydroxylation is 1. The highest BCUT2D eigenvalue weighted by molar-refractivity contribution is 5.93. The topological polar surface area (TPSA) is 57.8 Å². The van der Waals surface area contributed by atoms with Gasteiger partial charge in [0.25, 0.3) is 0 Å². The largest absolute Gasteiger partial charge is 0.476 e. The Morgan fingerprint density at radius 1 is 1.35 bits per heavy atom. The van der Waals surface area contributed by atoms with Crippen LogP contribution in [0.2, 0.25) is 0 Å². The predicted molar refractivity (Wildman–Crippen MR) is 76.4 cm³/mol. The minimum absolute atomic E-state index is 0.166. The fourth-order valence-electron chi connectivity index (χ4n) is 2.93. The summed E-state index contributed by atoms with van der Waals surface area (Å²) in [5.41, 5.74) is 1.97. The zero-order valence-electron chi connectivity index (χ0n) is 11.8. The van der Waals surface area contributed by atoms with Crippen molar-refractivity contribution in [1.29, 1.82) is 0 Å². The molecular weight excluding hydrogens is 254 g/mol. The zero-order chi connectivity index (χ0) is 14.3. The van der Waals surface area contributed by atoms with Gasteiger partial charge < -0.3 is 14.4 Å². The van der Waals surface area contributed by atoms with Gasteiger partial charge >= 0.3 is 5.97 Å². The number of fused-ring (bicyclic) bond motifs is 1. The van der Waals surface area contributed by atoms with E-state index in [1.807, 2.05) is 29.7 Å². The first kappa shape index (κ1) is 13.1. The smallest absolute Gasteiger partial charge is 0.356 e. The Labute approximate surface area is 117 Å². The molecule has 5 nitrogen and oxygen atoms in total. The number of aromatic nitrogens is 2. The number of rotatable bonds is 2. The normalized spacial score (nSPS) is 17.7. The summed E-state index contributed by atoms with van der Waals surface area (Å²) in [6, 6.07) is 3.78. The molecule has 0 amide bonds. The van der Waals surface area contributed by atoms with Gasteiger partial charge in [-0.2, -0.15) is 0 Å². The van der Waals surface area contributed by atoms with Crippen LogP contribution in [0.5, 0.6) is 0 Å². The van der Waals surface area contributed by atoms with E-state index in [1.165, 1.54) is 0 Å². The minimum Gasteiger partial charge on any atom is -0.476 e. The fourth-order valence-corrected chi connectivity index (χ4v) is 2.93. The number of likely N-dealkylation sites (tertiary alicyclic amines) is 1. The first-order valence-electron chi connectivity index (χ1n) is 6.96. The lowest BCUT2D eigenvalue weighted by molar-refractivity contribution is 0.0693. The van der Waals surface area contributed by atoms with Crippen LogP contribution >= 0.6 is 0 Å². The quantitative estimate of drug-likeness (QED) is 0.911. The van der Waals surface area contributed by atoms with Crippen LogP contribution in [0.25, 0.3) is 5.52 Å². The molecule has 0 aliphatic carbocycles. The third-order valence-electron chi connectivity index (χ3n) is 4.10. The number of nitrogens with zero attached hydrogens (tertiary/aromatic N) is 3. The fraction of sp³-hybridized carbons (Fsp3) is 0.467. The molecule has 0 bridgehead atoms. The summed E-state index contributed by atoms with van der Waals surface area (Å²) in [6.07, 6.45) is 4.05. The molecule has 1 N–H and O–H groups in total. The number of carbonyl (C=O) groups is 1. The number of aromatic carboxylic acids is 1. The van der Waals surface area contributed by atoms with Crippen molar-refractivity contribution in [3.8, 4) is 0 Å². The number of imidazole rings is 1. The molecule has 3 heterocycles. The maximum absolute atomic E-state index is 11.4. The van der Waals surface area contributed by atoms with E-state index in [9.17, 15) is 9.90 Å². The minimum atomic E-state index is -0.953. The van der Waals surface area contributed by atoms with Gasteiger partial charge in [0.05, 0.1) is 5.52 Å². The van der Waals surface area contributed by atoms with E-state index >= 15 is 0 Å². The summed E-state index contributed by atoms with van der Waals surface area (Å²) in [6.45, 7) is 4.08. The summed E-state index contributed by atoms with van der Waals surface area (Å²) in [7, 11) is 2.12. The second kappa shape index (κ2) is 4.90. The molecule has 20 heavy (non-hydrogen) atoms. The van der Waals surface area contributed by atoms with Crippen LogP contribution in [0.15, 0.2) is 18.3 Å². The first-order valence-corrected chi connectivity index (χ1v) is 6.96. The van der Waals surface area contributed by atoms with E-state index in [4.69, 9.17) is 0 Å². The Morgan fingerprint density at radius 2 is 2.05 bits per heavy atom. The van der Waals surface area contributed by atoms with E-state index in [0.29, 0.717) is 11.4 Å². The van der Waals surface area contributed by atoms with Gasteiger partial charge in [-0.3, -0.25) is 0 Å². The van der Waals surface area contributed by atoms with Crippen LogP contribution in [0.3, 0.4) is 0 Å². The molecular formula is C15H19N3O2. The van der Waals surface area contributed by atoms with Crippen LogP contribution in [0.4, 0.5) is 0 Å². The Bertz CT molecular complexity index is 654. The molecule has 0 saturated carbocycles. The molecule has 106 valence electrons. The molecule has 3 rings (SSSR count). The van der Waals surface area contributed by atoms with E-state index in [2.05, 4.69) is 16.9 Å². The van der Waals surface area contributed by atoms with Crippen LogP contribution < -0.4 is 0 Å². The molecule has 0 aromatic carbocycles. The number of carboxylic acid groups (broad SMARTS) is 1. The van der Waals surface area contributed by atoms with Crippen molar-refractivity contribution in [2.45, 2.75) is 25.7 Å². The third-order valence-corrected chi connectivity index (χ3v) is 4.10. The highest BCUT2D eigenvalue weighted by Gasteiger charge is 2.25. The molecule has 0 unspecified atom stereocenters. The Hall–Kier alpha value is -1.88. The van der Waals surface area contributed by atoms with Crippen molar-refractivity contribution in [2.24, 2.45) is 0 Å². The van der Waals surface area contributed by atoms with Crippen LogP contribution in [-0.2, 0) is 0 Å².